The number of nitrogens with one attached hydrogen (secondary N) is 1. The second-order valence-electron chi connectivity index (χ2n) is 5.94. The lowest BCUT2D eigenvalue weighted by Gasteiger charge is -2.30. The molecule has 0 bridgehead atoms. The maximum absolute atomic E-state index is 12.3. The zero-order valence-corrected chi connectivity index (χ0v) is 15.3. The van der Waals surface area contributed by atoms with E-state index in [1.54, 1.807) is 11.3 Å². The molecule has 5 heteroatoms. The number of carbonyl (C=O) groups excluding carboxylic acids is 1. The Bertz CT molecular complexity index is 463. The van der Waals surface area contributed by atoms with Crippen molar-refractivity contribution in [3.8, 4) is 0 Å². The number of hydrogen-bond donors (Lipinski definition) is 1. The monoisotopic (exact) mass is 372 g/mol. The Morgan fingerprint density at radius 1 is 1.43 bits per heavy atom. The maximum Gasteiger partial charge on any atom is 0.234 e. The predicted molar refractivity (Wildman–Crippen MR) is 92.5 cm³/mol. The molecule has 21 heavy (non-hydrogen) atoms. The van der Waals surface area contributed by atoms with Gasteiger partial charge in [-0.05, 0) is 53.4 Å². The van der Waals surface area contributed by atoms with Crippen LogP contribution in [0, 0.1) is 5.92 Å². The van der Waals surface area contributed by atoms with Crippen LogP contribution in [0.25, 0.3) is 0 Å². The highest BCUT2D eigenvalue weighted by molar-refractivity contribution is 9.11. The van der Waals surface area contributed by atoms with E-state index in [1.165, 1.54) is 24.1 Å². The molecule has 1 aromatic heterocycles. The Hall–Kier alpha value is -0.390. The van der Waals surface area contributed by atoms with Crippen molar-refractivity contribution in [3.05, 3.63) is 20.8 Å². The molecule has 118 valence electrons. The molecule has 0 radical (unpaired) electrons. The summed E-state index contributed by atoms with van der Waals surface area (Å²) in [6.45, 7) is 6.60. The zero-order valence-electron chi connectivity index (χ0n) is 12.9. The number of halogens is 1. The molecule has 0 saturated heterocycles. The van der Waals surface area contributed by atoms with Gasteiger partial charge in [0.2, 0.25) is 5.91 Å². The first-order valence-corrected chi connectivity index (χ1v) is 9.45. The lowest BCUT2D eigenvalue weighted by Crippen LogP contribution is -2.45. The zero-order chi connectivity index (χ0) is 15.2. The summed E-state index contributed by atoms with van der Waals surface area (Å²) in [7, 11) is 0. The summed E-state index contributed by atoms with van der Waals surface area (Å²) in [6, 6.07) is 4.57. The summed E-state index contributed by atoms with van der Waals surface area (Å²) >= 11 is 5.23. The molecular formula is C16H25BrN2OS. The number of amides is 1. The van der Waals surface area contributed by atoms with Crippen molar-refractivity contribution in [1.29, 1.82) is 0 Å². The van der Waals surface area contributed by atoms with Crippen LogP contribution in [0.3, 0.4) is 0 Å². The normalized spacial score (nSPS) is 22.5. The molecule has 3 nitrogen and oxygen atoms in total. The van der Waals surface area contributed by atoms with Gasteiger partial charge in [0.1, 0.15) is 0 Å². The molecule has 1 aromatic rings. The minimum atomic E-state index is 0.172. The van der Waals surface area contributed by atoms with Gasteiger partial charge in [0.05, 0.1) is 10.3 Å². The third kappa shape index (κ3) is 5.38. The molecule has 0 spiro atoms. The average Bonchev–Trinajstić information content (AvgIpc) is 2.86. The fraction of sp³-hybridized carbons (Fsp3) is 0.688. The highest BCUT2D eigenvalue weighted by Gasteiger charge is 2.23. The van der Waals surface area contributed by atoms with Gasteiger partial charge < -0.3 is 5.32 Å². The smallest absolute Gasteiger partial charge is 0.234 e. The van der Waals surface area contributed by atoms with Gasteiger partial charge >= 0.3 is 0 Å². The number of likely N-dealkylation sites (N-methyl/N-ethyl adjacent to an activating group) is 1. The van der Waals surface area contributed by atoms with E-state index in [4.69, 9.17) is 0 Å². The van der Waals surface area contributed by atoms with Crippen LogP contribution in [0.2, 0.25) is 0 Å². The summed E-state index contributed by atoms with van der Waals surface area (Å²) in [4.78, 5) is 15.8. The molecule has 0 aromatic carbocycles. The Morgan fingerprint density at radius 3 is 2.81 bits per heavy atom. The number of rotatable bonds is 6. The van der Waals surface area contributed by atoms with Gasteiger partial charge in [0.25, 0.3) is 0 Å². The van der Waals surface area contributed by atoms with Crippen LogP contribution in [0.1, 0.15) is 44.4 Å². The highest BCUT2D eigenvalue weighted by Crippen LogP contribution is 2.24. The molecule has 1 amide bonds. The minimum absolute atomic E-state index is 0.172. The molecular weight excluding hydrogens is 348 g/mol. The van der Waals surface area contributed by atoms with Crippen molar-refractivity contribution in [1.82, 2.24) is 10.2 Å². The maximum atomic E-state index is 12.3. The van der Waals surface area contributed by atoms with Gasteiger partial charge in [-0.25, -0.2) is 0 Å². The number of carbonyl (C=O) groups is 1. The van der Waals surface area contributed by atoms with Gasteiger partial charge in [0, 0.05) is 17.5 Å². The first kappa shape index (κ1) is 17.0. The predicted octanol–water partition coefficient (Wildman–Crippen LogP) is 4.03. The van der Waals surface area contributed by atoms with Crippen LogP contribution >= 0.6 is 27.3 Å². The fourth-order valence-corrected chi connectivity index (χ4v) is 4.45. The lowest BCUT2D eigenvalue weighted by atomic mass is 9.86. The van der Waals surface area contributed by atoms with E-state index in [0.29, 0.717) is 18.5 Å². The Balaban J connectivity index is 1.81. The topological polar surface area (TPSA) is 32.3 Å². The van der Waals surface area contributed by atoms with Crippen LogP contribution in [-0.2, 0) is 11.3 Å². The summed E-state index contributed by atoms with van der Waals surface area (Å²) in [5, 5.41) is 3.24. The largest absolute Gasteiger partial charge is 0.352 e. The Kier molecular flexibility index (Phi) is 6.71. The van der Waals surface area contributed by atoms with Gasteiger partial charge in [-0.3, -0.25) is 9.69 Å². The Morgan fingerprint density at radius 2 is 2.19 bits per heavy atom. The van der Waals surface area contributed by atoms with E-state index in [9.17, 15) is 4.79 Å². The van der Waals surface area contributed by atoms with Gasteiger partial charge in [-0.15, -0.1) is 11.3 Å². The summed E-state index contributed by atoms with van der Waals surface area (Å²) in [5.41, 5.74) is 0. The van der Waals surface area contributed by atoms with E-state index in [1.807, 2.05) is 0 Å². The Labute approximate surface area is 140 Å². The summed E-state index contributed by atoms with van der Waals surface area (Å²) in [5.74, 6) is 0.789. The summed E-state index contributed by atoms with van der Waals surface area (Å²) in [6.07, 6.45) is 4.93. The number of nitrogens with zero attached hydrogens (tertiary/aromatic N) is 1. The van der Waals surface area contributed by atoms with E-state index in [-0.39, 0.29) is 5.91 Å². The van der Waals surface area contributed by atoms with E-state index in [2.05, 4.69) is 52.1 Å². The standard InChI is InChI=1S/C16H25BrN2OS/c1-3-19(10-13-8-9-15(17)21-13)11-16(20)18-14-7-5-4-6-12(14)2/h8-9,12,14H,3-7,10-11H2,1-2H3,(H,18,20)/t12-,14+/m0/s1. The van der Waals surface area contributed by atoms with Gasteiger partial charge in [-0.2, -0.15) is 0 Å². The molecule has 0 unspecified atom stereocenters. The molecule has 0 aliphatic heterocycles. The van der Waals surface area contributed by atoms with Crippen molar-refractivity contribution in [2.45, 2.75) is 52.1 Å². The van der Waals surface area contributed by atoms with Crippen molar-refractivity contribution in [3.63, 3.8) is 0 Å². The molecule has 1 saturated carbocycles. The highest BCUT2D eigenvalue weighted by atomic mass is 79.9. The molecule has 1 fully saturated rings. The average molecular weight is 373 g/mol. The molecule has 2 rings (SSSR count). The quantitative estimate of drug-likeness (QED) is 0.817. The van der Waals surface area contributed by atoms with Crippen LogP contribution in [0.5, 0.6) is 0 Å². The first-order valence-electron chi connectivity index (χ1n) is 7.84. The molecule has 1 N–H and O–H groups in total. The van der Waals surface area contributed by atoms with E-state index < -0.39 is 0 Å². The number of thiophene rings is 1. The first-order chi connectivity index (χ1) is 10.1. The van der Waals surface area contributed by atoms with Crippen molar-refractivity contribution in [2.75, 3.05) is 13.1 Å². The second-order valence-corrected chi connectivity index (χ2v) is 8.49. The van der Waals surface area contributed by atoms with Crippen molar-refractivity contribution < 1.29 is 4.79 Å². The minimum Gasteiger partial charge on any atom is -0.352 e. The van der Waals surface area contributed by atoms with Crippen molar-refractivity contribution in [2.24, 2.45) is 5.92 Å². The third-order valence-electron chi connectivity index (χ3n) is 4.28. The molecule has 2 atom stereocenters. The third-order valence-corrected chi connectivity index (χ3v) is 5.89. The lowest BCUT2D eigenvalue weighted by molar-refractivity contribution is -0.123. The summed E-state index contributed by atoms with van der Waals surface area (Å²) < 4.78 is 1.15. The molecule has 1 heterocycles. The second kappa shape index (κ2) is 8.30. The SMILES string of the molecule is CCN(CC(=O)N[C@@H]1CCCC[C@@H]1C)Cc1ccc(Br)s1. The van der Waals surface area contributed by atoms with Crippen LogP contribution in [0.4, 0.5) is 0 Å². The van der Waals surface area contributed by atoms with Gasteiger partial charge in [0.15, 0.2) is 0 Å². The fourth-order valence-electron chi connectivity index (χ4n) is 2.92. The van der Waals surface area contributed by atoms with Crippen LogP contribution in [-0.4, -0.2) is 29.9 Å². The molecule has 1 aliphatic rings. The van der Waals surface area contributed by atoms with Crippen LogP contribution < -0.4 is 5.32 Å². The van der Waals surface area contributed by atoms with E-state index >= 15 is 0 Å². The van der Waals surface area contributed by atoms with Crippen LogP contribution in [0.15, 0.2) is 15.9 Å². The molecule has 1 aliphatic carbocycles. The van der Waals surface area contributed by atoms with E-state index in [0.717, 1.165) is 23.3 Å². The van der Waals surface area contributed by atoms with Gasteiger partial charge in [-0.1, -0.05) is 26.7 Å². The van der Waals surface area contributed by atoms with Crippen molar-refractivity contribution >= 4 is 33.2 Å². The number of hydrogen-bond acceptors (Lipinski definition) is 3.